The van der Waals surface area contributed by atoms with E-state index in [0.29, 0.717) is 12.1 Å². The van der Waals surface area contributed by atoms with Crippen LogP contribution in [-0.2, 0) is 0 Å². The van der Waals surface area contributed by atoms with Crippen LogP contribution in [0.15, 0.2) is 23.7 Å². The average Bonchev–Trinajstić information content (AvgIpc) is 2.09. The van der Waals surface area contributed by atoms with Crippen molar-refractivity contribution in [2.45, 2.75) is 0 Å². The maximum atomic E-state index is 12.9. The molecule has 0 aliphatic carbocycles. The molecule has 14 heavy (non-hydrogen) atoms. The van der Waals surface area contributed by atoms with E-state index < -0.39 is 17.5 Å². The van der Waals surface area contributed by atoms with E-state index >= 15 is 0 Å². The molecule has 0 bridgehead atoms. The predicted octanol–water partition coefficient (Wildman–Crippen LogP) is 3.27. The maximum Gasteiger partial charge on any atom is 0.152 e. The van der Waals surface area contributed by atoms with Crippen LogP contribution in [0.1, 0.15) is 0 Å². The van der Waals surface area contributed by atoms with Crippen LogP contribution in [-0.4, -0.2) is 6.54 Å². The Morgan fingerprint density at radius 3 is 2.29 bits per heavy atom. The summed E-state index contributed by atoms with van der Waals surface area (Å²) in [6.45, 7) is 0.170. The van der Waals surface area contributed by atoms with Gasteiger partial charge in [-0.1, -0.05) is 17.7 Å². The average molecular weight is 222 g/mol. The van der Waals surface area contributed by atoms with E-state index in [4.69, 9.17) is 11.6 Å². The molecule has 1 nitrogen and oxygen atoms in total. The first-order chi connectivity index (χ1) is 6.65. The minimum absolute atomic E-state index is 0.170. The third-order valence-electron chi connectivity index (χ3n) is 1.49. The lowest BCUT2D eigenvalue weighted by atomic mass is 10.3. The molecule has 1 rings (SSSR count). The zero-order valence-electron chi connectivity index (χ0n) is 7.03. The summed E-state index contributed by atoms with van der Waals surface area (Å²) in [6.07, 6.45) is 1.46. The van der Waals surface area contributed by atoms with Crippen LogP contribution in [0.4, 0.5) is 18.9 Å². The second kappa shape index (κ2) is 4.91. The van der Waals surface area contributed by atoms with Crippen LogP contribution >= 0.6 is 11.6 Å². The summed E-state index contributed by atoms with van der Waals surface area (Å²) in [6, 6.07) is 1.21. The summed E-state index contributed by atoms with van der Waals surface area (Å²) in [5.41, 5.74) is 0.855. The van der Waals surface area contributed by atoms with Crippen molar-refractivity contribution in [3.63, 3.8) is 0 Å². The highest BCUT2D eigenvalue weighted by atomic mass is 35.5. The lowest BCUT2D eigenvalue weighted by Crippen LogP contribution is -2.03. The van der Waals surface area contributed by atoms with E-state index in [9.17, 15) is 13.2 Å². The van der Waals surface area contributed by atoms with Crippen molar-refractivity contribution < 1.29 is 13.2 Å². The third kappa shape index (κ3) is 2.67. The summed E-state index contributed by atoms with van der Waals surface area (Å²) in [5, 5.41) is 2.42. The van der Waals surface area contributed by atoms with Gasteiger partial charge in [-0.05, 0) is 0 Å². The molecule has 0 aliphatic heterocycles. The SMILES string of the molecule is Fc1cc(F)c(NC/C=C/Cl)c(F)c1. The summed E-state index contributed by atoms with van der Waals surface area (Å²) in [7, 11) is 0. The zero-order valence-corrected chi connectivity index (χ0v) is 7.78. The van der Waals surface area contributed by atoms with Crippen molar-refractivity contribution in [1.29, 1.82) is 0 Å². The van der Waals surface area contributed by atoms with E-state index in [2.05, 4.69) is 5.32 Å². The van der Waals surface area contributed by atoms with Crippen molar-refractivity contribution in [3.8, 4) is 0 Å². The fourth-order valence-electron chi connectivity index (χ4n) is 0.917. The van der Waals surface area contributed by atoms with E-state index in [0.717, 1.165) is 0 Å². The molecule has 5 heteroatoms. The number of nitrogens with one attached hydrogen (secondary N) is 1. The fourth-order valence-corrected chi connectivity index (χ4v) is 1.01. The molecule has 0 heterocycles. The molecule has 0 spiro atoms. The first-order valence-corrected chi connectivity index (χ1v) is 4.22. The summed E-state index contributed by atoms with van der Waals surface area (Å²) in [4.78, 5) is 0. The molecule has 0 aromatic heterocycles. The Morgan fingerprint density at radius 2 is 1.79 bits per heavy atom. The second-order valence-electron chi connectivity index (χ2n) is 2.49. The second-order valence-corrected chi connectivity index (χ2v) is 2.74. The van der Waals surface area contributed by atoms with Gasteiger partial charge in [-0.15, -0.1) is 0 Å². The highest BCUT2D eigenvalue weighted by molar-refractivity contribution is 6.25. The maximum absolute atomic E-state index is 12.9. The van der Waals surface area contributed by atoms with Gasteiger partial charge in [-0.3, -0.25) is 0 Å². The van der Waals surface area contributed by atoms with E-state index in [1.54, 1.807) is 0 Å². The largest absolute Gasteiger partial charge is 0.377 e. The monoisotopic (exact) mass is 221 g/mol. The van der Waals surface area contributed by atoms with Gasteiger partial charge >= 0.3 is 0 Å². The Kier molecular flexibility index (Phi) is 3.83. The number of benzene rings is 1. The molecule has 1 aromatic rings. The Labute approximate surface area is 84.2 Å². The number of hydrogen-bond acceptors (Lipinski definition) is 1. The molecular formula is C9H7ClF3N. The van der Waals surface area contributed by atoms with Crippen LogP contribution in [0.25, 0.3) is 0 Å². The zero-order chi connectivity index (χ0) is 10.6. The first kappa shape index (κ1) is 10.9. The van der Waals surface area contributed by atoms with Gasteiger partial charge in [0, 0.05) is 24.2 Å². The Hall–Kier alpha value is -1.16. The highest BCUT2D eigenvalue weighted by Gasteiger charge is 2.09. The molecule has 0 fully saturated rings. The van der Waals surface area contributed by atoms with Gasteiger partial charge in [-0.25, -0.2) is 13.2 Å². The van der Waals surface area contributed by atoms with Crippen molar-refractivity contribution in [1.82, 2.24) is 0 Å². The normalized spacial score (nSPS) is 10.9. The summed E-state index contributed by atoms with van der Waals surface area (Å²) < 4.78 is 38.3. The number of hydrogen-bond donors (Lipinski definition) is 1. The molecule has 0 atom stereocenters. The topological polar surface area (TPSA) is 12.0 Å². The minimum atomic E-state index is -0.967. The molecule has 0 amide bonds. The minimum Gasteiger partial charge on any atom is -0.377 e. The van der Waals surface area contributed by atoms with Gasteiger partial charge in [0.05, 0.1) is 0 Å². The highest BCUT2D eigenvalue weighted by Crippen LogP contribution is 2.19. The molecule has 1 aromatic carbocycles. The molecule has 76 valence electrons. The van der Waals surface area contributed by atoms with Gasteiger partial charge in [0.1, 0.15) is 11.5 Å². The summed E-state index contributed by atoms with van der Waals surface area (Å²) >= 11 is 5.20. The molecule has 0 saturated carbocycles. The molecule has 0 saturated heterocycles. The molecule has 0 radical (unpaired) electrons. The van der Waals surface area contributed by atoms with Gasteiger partial charge in [0.25, 0.3) is 0 Å². The summed E-state index contributed by atoms with van der Waals surface area (Å²) in [5.74, 6) is -2.88. The standard InChI is InChI=1S/C9H7ClF3N/c10-2-1-3-14-9-7(12)4-6(11)5-8(9)13/h1-2,4-5,14H,3H2/b2-1+. The third-order valence-corrected chi connectivity index (χ3v) is 1.67. The van der Waals surface area contributed by atoms with Crippen LogP contribution in [0, 0.1) is 17.5 Å². The number of anilines is 1. The first-order valence-electron chi connectivity index (χ1n) is 3.79. The van der Waals surface area contributed by atoms with Crippen LogP contribution in [0.5, 0.6) is 0 Å². The Balaban J connectivity index is 2.85. The Bertz CT molecular complexity index is 329. The van der Waals surface area contributed by atoms with Crippen molar-refractivity contribution in [2.24, 2.45) is 0 Å². The van der Waals surface area contributed by atoms with Gasteiger partial charge in [0.2, 0.25) is 0 Å². The van der Waals surface area contributed by atoms with Gasteiger partial charge in [-0.2, -0.15) is 0 Å². The molecule has 1 N–H and O–H groups in total. The van der Waals surface area contributed by atoms with E-state index in [1.807, 2.05) is 0 Å². The quantitative estimate of drug-likeness (QED) is 0.826. The lowest BCUT2D eigenvalue weighted by molar-refractivity contribution is 0.548. The van der Waals surface area contributed by atoms with Gasteiger partial charge in [0.15, 0.2) is 11.6 Å². The fraction of sp³-hybridized carbons (Fsp3) is 0.111. The van der Waals surface area contributed by atoms with Crippen LogP contribution < -0.4 is 5.32 Å². The Morgan fingerprint density at radius 1 is 1.21 bits per heavy atom. The predicted molar refractivity (Wildman–Crippen MR) is 49.8 cm³/mol. The molecular weight excluding hydrogens is 215 g/mol. The van der Waals surface area contributed by atoms with Crippen LogP contribution in [0.3, 0.4) is 0 Å². The van der Waals surface area contributed by atoms with Crippen molar-refractivity contribution in [2.75, 3.05) is 11.9 Å². The number of halogens is 4. The van der Waals surface area contributed by atoms with Crippen molar-refractivity contribution >= 4 is 17.3 Å². The van der Waals surface area contributed by atoms with Gasteiger partial charge < -0.3 is 5.32 Å². The van der Waals surface area contributed by atoms with E-state index in [-0.39, 0.29) is 12.2 Å². The smallest absolute Gasteiger partial charge is 0.152 e. The number of rotatable bonds is 3. The van der Waals surface area contributed by atoms with Crippen LogP contribution in [0.2, 0.25) is 0 Å². The van der Waals surface area contributed by atoms with Crippen molar-refractivity contribution in [3.05, 3.63) is 41.2 Å². The molecule has 0 unspecified atom stereocenters. The lowest BCUT2D eigenvalue weighted by Gasteiger charge is -2.05. The van der Waals surface area contributed by atoms with E-state index in [1.165, 1.54) is 11.6 Å². The molecule has 0 aliphatic rings.